The van der Waals surface area contributed by atoms with Gasteiger partial charge in [-0.25, -0.2) is 0 Å². The molecular formula is C26H36F3N7O. The van der Waals surface area contributed by atoms with Gasteiger partial charge in [-0.2, -0.15) is 23.1 Å². The molecule has 4 rings (SSSR count). The SMILES string of the molecule is CNc1cc(N2CCN(C)CC2)nc(NC2CCC(CC(=O)NCc3ccccc3C(F)(F)F)CC2)n1. The van der Waals surface area contributed by atoms with Crippen molar-refractivity contribution in [3.8, 4) is 0 Å². The van der Waals surface area contributed by atoms with Crippen LogP contribution in [0.1, 0.15) is 43.2 Å². The van der Waals surface area contributed by atoms with E-state index in [1.807, 2.05) is 13.1 Å². The summed E-state index contributed by atoms with van der Waals surface area (Å²) >= 11 is 0. The molecule has 1 aromatic heterocycles. The largest absolute Gasteiger partial charge is 0.416 e. The van der Waals surface area contributed by atoms with Crippen molar-refractivity contribution in [1.29, 1.82) is 0 Å². The van der Waals surface area contributed by atoms with E-state index in [0.717, 1.165) is 69.6 Å². The molecule has 2 aliphatic rings. The molecule has 1 aromatic carbocycles. The molecule has 1 amide bonds. The van der Waals surface area contributed by atoms with Crippen molar-refractivity contribution >= 4 is 23.5 Å². The first-order chi connectivity index (χ1) is 17.7. The van der Waals surface area contributed by atoms with Gasteiger partial charge < -0.3 is 25.8 Å². The van der Waals surface area contributed by atoms with Crippen molar-refractivity contribution in [3.63, 3.8) is 0 Å². The lowest BCUT2D eigenvalue weighted by Crippen LogP contribution is -2.45. The van der Waals surface area contributed by atoms with Crippen LogP contribution >= 0.6 is 0 Å². The number of aromatic nitrogens is 2. The third-order valence-electron chi connectivity index (χ3n) is 7.25. The molecule has 1 aliphatic carbocycles. The van der Waals surface area contributed by atoms with Crippen LogP contribution in [-0.4, -0.2) is 67.1 Å². The Hall–Kier alpha value is -3.08. The fourth-order valence-corrected chi connectivity index (χ4v) is 5.00. The highest BCUT2D eigenvalue weighted by molar-refractivity contribution is 5.76. The number of carbonyl (C=O) groups excluding carboxylic acids is 1. The number of hydrogen-bond donors (Lipinski definition) is 3. The molecule has 2 aromatic rings. The van der Waals surface area contributed by atoms with E-state index in [4.69, 9.17) is 4.98 Å². The lowest BCUT2D eigenvalue weighted by Gasteiger charge is -2.33. The van der Waals surface area contributed by atoms with Crippen LogP contribution in [-0.2, 0) is 17.5 Å². The second kappa shape index (κ2) is 12.0. The second-order valence-corrected chi connectivity index (χ2v) is 9.97. The van der Waals surface area contributed by atoms with Crippen LogP contribution in [0.2, 0.25) is 0 Å². The molecule has 0 atom stereocenters. The molecule has 37 heavy (non-hydrogen) atoms. The summed E-state index contributed by atoms with van der Waals surface area (Å²) in [6.45, 7) is 3.71. The number of amides is 1. The van der Waals surface area contributed by atoms with Crippen LogP contribution in [0, 0.1) is 5.92 Å². The van der Waals surface area contributed by atoms with Gasteiger partial charge in [-0.1, -0.05) is 18.2 Å². The first-order valence-corrected chi connectivity index (χ1v) is 12.9. The first kappa shape index (κ1) is 27.0. The molecular weight excluding hydrogens is 483 g/mol. The minimum Gasteiger partial charge on any atom is -0.373 e. The summed E-state index contributed by atoms with van der Waals surface area (Å²) in [6, 6.07) is 7.53. The van der Waals surface area contributed by atoms with Crippen molar-refractivity contribution < 1.29 is 18.0 Å². The van der Waals surface area contributed by atoms with Gasteiger partial charge in [0.2, 0.25) is 11.9 Å². The zero-order chi connectivity index (χ0) is 26.4. The maximum absolute atomic E-state index is 13.2. The van der Waals surface area contributed by atoms with Crippen LogP contribution < -0.4 is 20.9 Å². The lowest BCUT2D eigenvalue weighted by molar-refractivity contribution is -0.138. The molecule has 0 spiro atoms. The van der Waals surface area contributed by atoms with E-state index < -0.39 is 11.7 Å². The highest BCUT2D eigenvalue weighted by atomic mass is 19.4. The molecule has 1 saturated carbocycles. The molecule has 11 heteroatoms. The van der Waals surface area contributed by atoms with Crippen molar-refractivity contribution in [2.24, 2.45) is 5.92 Å². The number of carbonyl (C=O) groups is 1. The van der Waals surface area contributed by atoms with E-state index in [0.29, 0.717) is 12.4 Å². The van der Waals surface area contributed by atoms with Crippen molar-refractivity contribution in [3.05, 3.63) is 41.5 Å². The Morgan fingerprint density at radius 1 is 1.05 bits per heavy atom. The Morgan fingerprint density at radius 3 is 2.43 bits per heavy atom. The molecule has 202 valence electrons. The molecule has 2 fully saturated rings. The molecule has 0 bridgehead atoms. The molecule has 3 N–H and O–H groups in total. The van der Waals surface area contributed by atoms with Gasteiger partial charge in [0.25, 0.3) is 0 Å². The van der Waals surface area contributed by atoms with Crippen molar-refractivity contribution in [1.82, 2.24) is 20.2 Å². The molecule has 1 saturated heterocycles. The predicted octanol–water partition coefficient (Wildman–Crippen LogP) is 3.97. The van der Waals surface area contributed by atoms with Crippen LogP contribution in [0.15, 0.2) is 30.3 Å². The van der Waals surface area contributed by atoms with E-state index in [2.05, 4.69) is 37.8 Å². The minimum absolute atomic E-state index is 0.0796. The van der Waals surface area contributed by atoms with Gasteiger partial charge in [-0.3, -0.25) is 4.79 Å². The third kappa shape index (κ3) is 7.47. The minimum atomic E-state index is -4.44. The van der Waals surface area contributed by atoms with Gasteiger partial charge in [0.1, 0.15) is 11.6 Å². The number of piperazine rings is 1. The van der Waals surface area contributed by atoms with Crippen LogP contribution in [0.3, 0.4) is 0 Å². The Morgan fingerprint density at radius 2 is 1.76 bits per heavy atom. The smallest absolute Gasteiger partial charge is 0.373 e. The number of alkyl halides is 3. The number of hydrogen-bond acceptors (Lipinski definition) is 7. The van der Waals surface area contributed by atoms with E-state index >= 15 is 0 Å². The highest BCUT2D eigenvalue weighted by Gasteiger charge is 2.33. The standard InChI is InChI=1S/C26H36F3N7O/c1-30-22-16-23(36-13-11-35(2)12-14-36)34-25(33-22)32-20-9-7-18(8-10-20)15-24(37)31-17-19-5-3-4-6-21(19)26(27,28)29/h3-6,16,18,20H,7-15,17H2,1-2H3,(H,31,37)(H2,30,32,33,34). The van der Waals surface area contributed by atoms with E-state index in [1.165, 1.54) is 12.1 Å². The summed E-state index contributed by atoms with van der Waals surface area (Å²) in [5, 5.41) is 9.27. The van der Waals surface area contributed by atoms with Crippen LogP contribution in [0.25, 0.3) is 0 Å². The van der Waals surface area contributed by atoms with Crippen LogP contribution in [0.4, 0.5) is 30.8 Å². The number of nitrogens with zero attached hydrogens (tertiary/aromatic N) is 4. The summed E-state index contributed by atoms with van der Waals surface area (Å²) in [4.78, 5) is 26.4. The normalized spacial score (nSPS) is 20.9. The average Bonchev–Trinajstić information content (AvgIpc) is 2.88. The Labute approximate surface area is 216 Å². The number of anilines is 3. The quantitative estimate of drug-likeness (QED) is 0.487. The van der Waals surface area contributed by atoms with Gasteiger partial charge in [0, 0.05) is 58.3 Å². The molecule has 8 nitrogen and oxygen atoms in total. The van der Waals surface area contributed by atoms with E-state index in [-0.39, 0.29) is 30.0 Å². The van der Waals surface area contributed by atoms with Crippen molar-refractivity contribution in [2.45, 2.75) is 50.9 Å². The number of likely N-dealkylation sites (N-methyl/N-ethyl adjacent to an activating group) is 1. The van der Waals surface area contributed by atoms with Gasteiger partial charge >= 0.3 is 6.18 Å². The number of benzene rings is 1. The Kier molecular flexibility index (Phi) is 8.73. The maximum Gasteiger partial charge on any atom is 0.416 e. The van der Waals surface area contributed by atoms with E-state index in [9.17, 15) is 18.0 Å². The lowest BCUT2D eigenvalue weighted by atomic mass is 9.84. The Bertz CT molecular complexity index is 1050. The average molecular weight is 520 g/mol. The molecule has 1 aliphatic heterocycles. The Balaban J connectivity index is 1.26. The van der Waals surface area contributed by atoms with Crippen molar-refractivity contribution in [2.75, 3.05) is 55.8 Å². The number of halogens is 3. The number of nitrogens with one attached hydrogen (secondary N) is 3. The highest BCUT2D eigenvalue weighted by Crippen LogP contribution is 2.32. The monoisotopic (exact) mass is 519 g/mol. The first-order valence-electron chi connectivity index (χ1n) is 12.9. The molecule has 2 heterocycles. The zero-order valence-electron chi connectivity index (χ0n) is 21.4. The predicted molar refractivity (Wildman–Crippen MR) is 139 cm³/mol. The fraction of sp³-hybridized carbons (Fsp3) is 0.577. The summed E-state index contributed by atoms with van der Waals surface area (Å²) < 4.78 is 39.5. The summed E-state index contributed by atoms with van der Waals surface area (Å²) in [6.07, 6.45) is -0.630. The summed E-state index contributed by atoms with van der Waals surface area (Å²) in [5.74, 6) is 2.28. The second-order valence-electron chi connectivity index (χ2n) is 9.97. The topological polar surface area (TPSA) is 85.4 Å². The van der Waals surface area contributed by atoms with Gasteiger partial charge in [0.15, 0.2) is 0 Å². The zero-order valence-corrected chi connectivity index (χ0v) is 21.4. The summed E-state index contributed by atoms with van der Waals surface area (Å²) in [7, 11) is 3.97. The number of rotatable bonds is 8. The van der Waals surface area contributed by atoms with Gasteiger partial charge in [0.05, 0.1) is 5.56 Å². The maximum atomic E-state index is 13.2. The van der Waals surface area contributed by atoms with Gasteiger partial charge in [-0.05, 0) is 50.3 Å². The van der Waals surface area contributed by atoms with E-state index in [1.54, 1.807) is 6.07 Å². The molecule has 0 unspecified atom stereocenters. The summed E-state index contributed by atoms with van der Waals surface area (Å²) in [5.41, 5.74) is -0.627. The third-order valence-corrected chi connectivity index (χ3v) is 7.25. The molecule has 0 radical (unpaired) electrons. The van der Waals surface area contributed by atoms with Crippen LogP contribution in [0.5, 0.6) is 0 Å². The van der Waals surface area contributed by atoms with Gasteiger partial charge in [-0.15, -0.1) is 0 Å². The fourth-order valence-electron chi connectivity index (χ4n) is 5.00.